The van der Waals surface area contributed by atoms with E-state index < -0.39 is 0 Å². The molecule has 0 atom stereocenters. The molecule has 33 heavy (non-hydrogen) atoms. The molecule has 5 aromatic rings. The summed E-state index contributed by atoms with van der Waals surface area (Å²) < 4.78 is 9.39. The summed E-state index contributed by atoms with van der Waals surface area (Å²) in [4.78, 5) is 16.9. The third kappa shape index (κ3) is 4.25. The van der Waals surface area contributed by atoms with Gasteiger partial charge in [0.15, 0.2) is 0 Å². The Morgan fingerprint density at radius 1 is 1.03 bits per heavy atom. The van der Waals surface area contributed by atoms with E-state index in [9.17, 15) is 4.79 Å². The average molecular weight is 438 g/mol. The van der Waals surface area contributed by atoms with E-state index in [0.29, 0.717) is 11.4 Å². The molecule has 0 saturated carbocycles. The van der Waals surface area contributed by atoms with Crippen LogP contribution >= 0.6 is 0 Å². The highest BCUT2D eigenvalue weighted by molar-refractivity contribution is 5.85. The normalized spacial score (nSPS) is 11.1. The summed E-state index contributed by atoms with van der Waals surface area (Å²) in [5.74, 6) is 0.654. The van der Waals surface area contributed by atoms with Crippen LogP contribution in [0.4, 0.5) is 0 Å². The number of hydrogen-bond donors (Lipinski definition) is 0. The van der Waals surface area contributed by atoms with Gasteiger partial charge in [-0.25, -0.2) is 4.68 Å². The van der Waals surface area contributed by atoms with Crippen LogP contribution in [-0.2, 0) is 13.2 Å². The number of aryl methyl sites for hydroxylation is 2. The average Bonchev–Trinajstić information content (AvgIpc) is 3.33. The number of pyridine rings is 1. The number of benzene rings is 2. The third-order valence-electron chi connectivity index (χ3n) is 5.57. The maximum Gasteiger partial charge on any atom is 0.206 e. The van der Waals surface area contributed by atoms with Crippen molar-refractivity contribution in [3.05, 3.63) is 101 Å². The molecule has 5 rings (SSSR count). The first-order valence-electron chi connectivity index (χ1n) is 10.8. The van der Waals surface area contributed by atoms with Gasteiger partial charge in [0, 0.05) is 36.0 Å². The molecule has 0 N–H and O–H groups in total. The zero-order valence-electron chi connectivity index (χ0n) is 18.5. The van der Waals surface area contributed by atoms with E-state index in [2.05, 4.69) is 40.3 Å². The van der Waals surface area contributed by atoms with Gasteiger partial charge in [0.2, 0.25) is 5.43 Å². The highest BCUT2D eigenvalue weighted by Gasteiger charge is 2.09. The standard InChI is InChI=1S/C26H23N5O2/c1-3-30-16-21(15-28-30)31-11-10-26(32)25(29-31)17-33-22-8-9-24-19(13-22)12-20(14-27-24)23-7-5-4-6-18(23)2/h4-16H,3,17H2,1-2H3. The fourth-order valence-corrected chi connectivity index (χ4v) is 3.73. The molecule has 7 heteroatoms. The number of hydrogen-bond acceptors (Lipinski definition) is 5. The summed E-state index contributed by atoms with van der Waals surface area (Å²) >= 11 is 0. The van der Waals surface area contributed by atoms with Gasteiger partial charge < -0.3 is 4.74 Å². The first-order chi connectivity index (χ1) is 16.1. The molecule has 7 nitrogen and oxygen atoms in total. The van der Waals surface area contributed by atoms with Crippen molar-refractivity contribution in [3.8, 4) is 22.6 Å². The predicted molar refractivity (Wildman–Crippen MR) is 128 cm³/mol. The Labute approximate surface area is 190 Å². The summed E-state index contributed by atoms with van der Waals surface area (Å²) in [5, 5.41) is 9.68. The Morgan fingerprint density at radius 2 is 1.91 bits per heavy atom. The number of fused-ring (bicyclic) bond motifs is 1. The van der Waals surface area contributed by atoms with E-state index in [-0.39, 0.29) is 12.0 Å². The van der Waals surface area contributed by atoms with Crippen LogP contribution in [0.1, 0.15) is 18.2 Å². The van der Waals surface area contributed by atoms with Gasteiger partial charge >= 0.3 is 0 Å². The lowest BCUT2D eigenvalue weighted by Crippen LogP contribution is -2.17. The van der Waals surface area contributed by atoms with Crippen molar-refractivity contribution in [1.82, 2.24) is 24.5 Å². The molecule has 0 amide bonds. The Balaban J connectivity index is 1.40. The molecule has 0 saturated heterocycles. The maximum atomic E-state index is 12.3. The van der Waals surface area contributed by atoms with Gasteiger partial charge in [0.25, 0.3) is 0 Å². The smallest absolute Gasteiger partial charge is 0.206 e. The lowest BCUT2D eigenvalue weighted by molar-refractivity contribution is 0.298. The molecule has 0 aliphatic rings. The van der Waals surface area contributed by atoms with Crippen molar-refractivity contribution < 1.29 is 4.74 Å². The lowest BCUT2D eigenvalue weighted by atomic mass is 10.0. The van der Waals surface area contributed by atoms with Gasteiger partial charge in [-0.05, 0) is 49.2 Å². The molecule has 0 fully saturated rings. The van der Waals surface area contributed by atoms with Crippen molar-refractivity contribution in [3.63, 3.8) is 0 Å². The fraction of sp³-hybridized carbons (Fsp3) is 0.154. The minimum atomic E-state index is -0.168. The van der Waals surface area contributed by atoms with E-state index in [1.54, 1.807) is 21.8 Å². The van der Waals surface area contributed by atoms with Crippen LogP contribution < -0.4 is 10.2 Å². The minimum Gasteiger partial charge on any atom is -0.487 e. The Morgan fingerprint density at radius 3 is 2.73 bits per heavy atom. The number of ether oxygens (including phenoxy) is 1. The van der Waals surface area contributed by atoms with Gasteiger partial charge in [0.05, 0.1) is 17.9 Å². The van der Waals surface area contributed by atoms with Crippen LogP contribution in [0.3, 0.4) is 0 Å². The molecule has 0 bridgehead atoms. The molecular formula is C26H23N5O2. The molecule has 0 aliphatic carbocycles. The molecule has 0 radical (unpaired) electrons. The predicted octanol–water partition coefficient (Wildman–Crippen LogP) is 4.55. The van der Waals surface area contributed by atoms with Crippen molar-refractivity contribution >= 4 is 10.9 Å². The Bertz CT molecular complexity index is 1500. The quantitative estimate of drug-likeness (QED) is 0.390. The van der Waals surface area contributed by atoms with Gasteiger partial charge in [0.1, 0.15) is 23.7 Å². The van der Waals surface area contributed by atoms with Crippen LogP contribution in [0.25, 0.3) is 27.7 Å². The van der Waals surface area contributed by atoms with Crippen LogP contribution in [0.15, 0.2) is 84.2 Å². The van der Waals surface area contributed by atoms with Gasteiger partial charge in [-0.1, -0.05) is 24.3 Å². The van der Waals surface area contributed by atoms with Crippen LogP contribution in [0.2, 0.25) is 0 Å². The first-order valence-corrected chi connectivity index (χ1v) is 10.8. The number of nitrogens with zero attached hydrogens (tertiary/aromatic N) is 5. The van der Waals surface area contributed by atoms with E-state index in [1.165, 1.54) is 11.6 Å². The van der Waals surface area contributed by atoms with Crippen molar-refractivity contribution in [2.75, 3.05) is 0 Å². The van der Waals surface area contributed by atoms with E-state index >= 15 is 0 Å². The van der Waals surface area contributed by atoms with Crippen LogP contribution in [0.5, 0.6) is 5.75 Å². The first kappa shape index (κ1) is 20.6. The highest BCUT2D eigenvalue weighted by Crippen LogP contribution is 2.27. The summed E-state index contributed by atoms with van der Waals surface area (Å²) in [7, 11) is 0. The summed E-state index contributed by atoms with van der Waals surface area (Å²) in [6.07, 6.45) is 7.12. The molecule has 3 heterocycles. The highest BCUT2D eigenvalue weighted by atomic mass is 16.5. The molecule has 3 aromatic heterocycles. The van der Waals surface area contributed by atoms with E-state index in [4.69, 9.17) is 4.74 Å². The second kappa shape index (κ2) is 8.70. The molecule has 2 aromatic carbocycles. The van der Waals surface area contributed by atoms with Gasteiger partial charge in [-0.15, -0.1) is 0 Å². The molecule has 0 spiro atoms. The van der Waals surface area contributed by atoms with Gasteiger partial charge in [-0.2, -0.15) is 10.2 Å². The summed E-state index contributed by atoms with van der Waals surface area (Å²) in [5.41, 5.74) is 5.23. The zero-order chi connectivity index (χ0) is 22.8. The van der Waals surface area contributed by atoms with Crippen molar-refractivity contribution in [1.29, 1.82) is 0 Å². The molecule has 0 aliphatic heterocycles. The number of rotatable bonds is 6. The Kier molecular flexibility index (Phi) is 5.44. The Hall–Kier alpha value is -4.26. The summed E-state index contributed by atoms with van der Waals surface area (Å²) in [6, 6.07) is 17.6. The second-order valence-corrected chi connectivity index (χ2v) is 7.81. The number of aromatic nitrogens is 5. The minimum absolute atomic E-state index is 0.0675. The van der Waals surface area contributed by atoms with E-state index in [1.807, 2.05) is 49.6 Å². The molecule has 164 valence electrons. The SMILES string of the molecule is CCn1cc(-n2ccc(=O)c(COc3ccc4ncc(-c5ccccc5C)cc4c3)n2)cn1. The van der Waals surface area contributed by atoms with Crippen molar-refractivity contribution in [2.45, 2.75) is 27.0 Å². The lowest BCUT2D eigenvalue weighted by Gasteiger charge is -2.10. The fourth-order valence-electron chi connectivity index (χ4n) is 3.73. The topological polar surface area (TPSA) is 74.8 Å². The van der Waals surface area contributed by atoms with Crippen LogP contribution in [0, 0.1) is 6.92 Å². The molecular weight excluding hydrogens is 414 g/mol. The monoisotopic (exact) mass is 437 g/mol. The van der Waals surface area contributed by atoms with E-state index in [0.717, 1.165) is 34.3 Å². The maximum absolute atomic E-state index is 12.3. The van der Waals surface area contributed by atoms with Crippen LogP contribution in [-0.4, -0.2) is 24.5 Å². The van der Waals surface area contributed by atoms with Gasteiger partial charge in [-0.3, -0.25) is 14.5 Å². The second-order valence-electron chi connectivity index (χ2n) is 7.81. The summed E-state index contributed by atoms with van der Waals surface area (Å²) in [6.45, 7) is 4.93. The zero-order valence-corrected chi connectivity index (χ0v) is 18.5. The molecule has 0 unspecified atom stereocenters. The van der Waals surface area contributed by atoms with Crippen molar-refractivity contribution in [2.24, 2.45) is 0 Å². The largest absolute Gasteiger partial charge is 0.487 e. The third-order valence-corrected chi connectivity index (χ3v) is 5.57.